The van der Waals surface area contributed by atoms with Crippen LogP contribution in [0, 0.1) is 6.92 Å². The lowest BCUT2D eigenvalue weighted by Gasteiger charge is -2.26. The van der Waals surface area contributed by atoms with Crippen molar-refractivity contribution in [1.82, 2.24) is 9.21 Å². The maximum absolute atomic E-state index is 13.1. The van der Waals surface area contributed by atoms with Crippen LogP contribution in [0.5, 0.6) is 0 Å². The van der Waals surface area contributed by atoms with Crippen LogP contribution in [0.1, 0.15) is 25.3 Å². The second-order valence-corrected chi connectivity index (χ2v) is 8.03. The Hall–Kier alpha value is -1.93. The molecule has 0 aromatic heterocycles. The molecule has 0 spiro atoms. The molecule has 1 heterocycles. The highest BCUT2D eigenvalue weighted by Gasteiger charge is 2.40. The van der Waals surface area contributed by atoms with E-state index in [2.05, 4.69) is 5.32 Å². The SMILES string of the molecule is CC(=O)Nc1ccc(C)c(S(=O)(=O)N2CCCC2C(=O)N(C)C)c1. The highest BCUT2D eigenvalue weighted by atomic mass is 32.2. The first-order valence-corrected chi connectivity index (χ1v) is 9.20. The maximum atomic E-state index is 13.1. The highest BCUT2D eigenvalue weighted by Crippen LogP contribution is 2.30. The molecule has 8 heteroatoms. The lowest BCUT2D eigenvalue weighted by molar-refractivity contribution is -0.132. The number of amides is 2. The van der Waals surface area contributed by atoms with Crippen molar-refractivity contribution in [3.63, 3.8) is 0 Å². The zero-order valence-corrected chi connectivity index (χ0v) is 15.2. The molecule has 1 aliphatic rings. The van der Waals surface area contributed by atoms with E-state index in [0.717, 1.165) is 0 Å². The van der Waals surface area contributed by atoms with E-state index in [1.165, 1.54) is 22.2 Å². The fourth-order valence-electron chi connectivity index (χ4n) is 2.86. The number of nitrogens with zero attached hydrogens (tertiary/aromatic N) is 2. The standard InChI is InChI=1S/C16H23N3O4S/c1-11-7-8-13(17-12(2)20)10-15(11)24(22,23)19-9-5-6-14(19)16(21)18(3)4/h7-8,10,14H,5-6,9H2,1-4H3,(H,17,20). The number of carbonyl (C=O) groups excluding carboxylic acids is 2. The second kappa shape index (κ2) is 6.90. The Kier molecular flexibility index (Phi) is 5.29. The van der Waals surface area contributed by atoms with Crippen LogP contribution in [0.3, 0.4) is 0 Å². The van der Waals surface area contributed by atoms with E-state index < -0.39 is 16.1 Å². The summed E-state index contributed by atoms with van der Waals surface area (Å²) in [5.41, 5.74) is 0.994. The van der Waals surface area contributed by atoms with Crippen LogP contribution < -0.4 is 5.32 Å². The van der Waals surface area contributed by atoms with Gasteiger partial charge in [-0.1, -0.05) is 6.07 Å². The minimum Gasteiger partial charge on any atom is -0.347 e. The monoisotopic (exact) mass is 353 g/mol. The molecule has 0 aliphatic carbocycles. The van der Waals surface area contributed by atoms with E-state index in [1.807, 2.05) is 0 Å². The van der Waals surface area contributed by atoms with Crippen LogP contribution in [-0.4, -0.2) is 56.1 Å². The van der Waals surface area contributed by atoms with Crippen LogP contribution in [0.15, 0.2) is 23.1 Å². The molecule has 1 aromatic carbocycles. The number of hydrogen-bond donors (Lipinski definition) is 1. The summed E-state index contributed by atoms with van der Waals surface area (Å²) in [6.07, 6.45) is 1.16. The fourth-order valence-corrected chi connectivity index (χ4v) is 4.76. The molecule has 1 saturated heterocycles. The third kappa shape index (κ3) is 3.59. The van der Waals surface area contributed by atoms with Crippen molar-refractivity contribution in [2.45, 2.75) is 37.6 Å². The summed E-state index contributed by atoms with van der Waals surface area (Å²) in [6, 6.07) is 4.08. The first-order valence-electron chi connectivity index (χ1n) is 7.76. The molecule has 2 rings (SSSR count). The molecule has 0 radical (unpaired) electrons. The molecule has 2 amide bonds. The topological polar surface area (TPSA) is 86.8 Å². The molecule has 1 aromatic rings. The van der Waals surface area contributed by atoms with Crippen LogP contribution in [0.2, 0.25) is 0 Å². The van der Waals surface area contributed by atoms with Crippen LogP contribution >= 0.6 is 0 Å². The number of benzene rings is 1. The zero-order chi connectivity index (χ0) is 18.1. The number of aryl methyl sites for hydroxylation is 1. The molecule has 1 unspecified atom stereocenters. The summed E-state index contributed by atoms with van der Waals surface area (Å²) in [7, 11) is -0.583. The molecular weight excluding hydrogens is 330 g/mol. The number of likely N-dealkylation sites (N-methyl/N-ethyl adjacent to an activating group) is 1. The third-order valence-electron chi connectivity index (χ3n) is 4.02. The van der Waals surface area contributed by atoms with Gasteiger partial charge in [-0.2, -0.15) is 4.31 Å². The van der Waals surface area contributed by atoms with Crippen molar-refractivity contribution in [2.75, 3.05) is 26.0 Å². The Morgan fingerprint density at radius 3 is 2.54 bits per heavy atom. The minimum absolute atomic E-state index is 0.118. The summed E-state index contributed by atoms with van der Waals surface area (Å²) in [5.74, 6) is -0.490. The van der Waals surface area contributed by atoms with E-state index in [4.69, 9.17) is 0 Å². The van der Waals surface area contributed by atoms with Gasteiger partial charge in [0.25, 0.3) is 0 Å². The van der Waals surface area contributed by atoms with Gasteiger partial charge in [0.1, 0.15) is 6.04 Å². The van der Waals surface area contributed by atoms with E-state index in [-0.39, 0.29) is 16.7 Å². The molecule has 132 valence electrons. The molecule has 24 heavy (non-hydrogen) atoms. The van der Waals surface area contributed by atoms with Gasteiger partial charge in [0.2, 0.25) is 21.8 Å². The summed E-state index contributed by atoms with van der Waals surface area (Å²) in [4.78, 5) is 25.0. The first kappa shape index (κ1) is 18.4. The second-order valence-electron chi connectivity index (χ2n) is 6.17. The van der Waals surface area contributed by atoms with Gasteiger partial charge in [0, 0.05) is 33.3 Å². The summed E-state index contributed by atoms with van der Waals surface area (Å²) >= 11 is 0. The van der Waals surface area contributed by atoms with Gasteiger partial charge in [-0.3, -0.25) is 9.59 Å². The first-order chi connectivity index (χ1) is 11.1. The minimum atomic E-state index is -3.82. The van der Waals surface area contributed by atoms with Gasteiger partial charge in [0.05, 0.1) is 4.90 Å². The number of anilines is 1. The molecular formula is C16H23N3O4S. The lowest BCUT2D eigenvalue weighted by atomic mass is 10.2. The van der Waals surface area contributed by atoms with Crippen LogP contribution in [0.4, 0.5) is 5.69 Å². The Labute approximate surface area is 142 Å². The Morgan fingerprint density at radius 1 is 1.29 bits per heavy atom. The van der Waals surface area contributed by atoms with Crippen molar-refractivity contribution >= 4 is 27.5 Å². The number of hydrogen-bond acceptors (Lipinski definition) is 4. The van der Waals surface area contributed by atoms with Crippen LogP contribution in [0.25, 0.3) is 0 Å². The van der Waals surface area contributed by atoms with Crippen molar-refractivity contribution in [2.24, 2.45) is 0 Å². The normalized spacial score (nSPS) is 18.4. The third-order valence-corrected chi connectivity index (χ3v) is 6.07. The molecule has 7 nitrogen and oxygen atoms in total. The molecule has 1 fully saturated rings. The quantitative estimate of drug-likeness (QED) is 0.881. The molecule has 1 atom stereocenters. The molecule has 0 bridgehead atoms. The van der Waals surface area contributed by atoms with E-state index in [9.17, 15) is 18.0 Å². The number of sulfonamides is 1. The zero-order valence-electron chi connectivity index (χ0n) is 14.4. The summed E-state index contributed by atoms with van der Waals surface area (Å²) in [5, 5.41) is 2.59. The van der Waals surface area contributed by atoms with Gasteiger partial charge in [0.15, 0.2) is 0 Å². The predicted octanol–water partition coefficient (Wildman–Crippen LogP) is 1.19. The predicted molar refractivity (Wildman–Crippen MR) is 91.1 cm³/mol. The van der Waals surface area contributed by atoms with Gasteiger partial charge in [-0.15, -0.1) is 0 Å². The molecule has 0 saturated carbocycles. The molecule has 1 aliphatic heterocycles. The Bertz CT molecular complexity index is 759. The van der Waals surface area contributed by atoms with Gasteiger partial charge in [-0.05, 0) is 37.5 Å². The number of rotatable bonds is 4. The lowest BCUT2D eigenvalue weighted by Crippen LogP contribution is -2.45. The van der Waals surface area contributed by atoms with Crippen molar-refractivity contribution in [3.05, 3.63) is 23.8 Å². The van der Waals surface area contributed by atoms with Gasteiger partial charge >= 0.3 is 0 Å². The maximum Gasteiger partial charge on any atom is 0.244 e. The Balaban J connectivity index is 2.42. The molecule has 1 N–H and O–H groups in total. The van der Waals surface area contributed by atoms with E-state index in [1.54, 1.807) is 33.2 Å². The van der Waals surface area contributed by atoms with E-state index >= 15 is 0 Å². The fraction of sp³-hybridized carbons (Fsp3) is 0.500. The van der Waals surface area contributed by atoms with Crippen molar-refractivity contribution in [3.8, 4) is 0 Å². The summed E-state index contributed by atoms with van der Waals surface area (Å²) in [6.45, 7) is 3.37. The van der Waals surface area contributed by atoms with Crippen molar-refractivity contribution < 1.29 is 18.0 Å². The highest BCUT2D eigenvalue weighted by molar-refractivity contribution is 7.89. The van der Waals surface area contributed by atoms with Crippen molar-refractivity contribution in [1.29, 1.82) is 0 Å². The number of nitrogens with one attached hydrogen (secondary N) is 1. The van der Waals surface area contributed by atoms with E-state index in [0.29, 0.717) is 30.6 Å². The summed E-state index contributed by atoms with van der Waals surface area (Å²) < 4.78 is 27.4. The average molecular weight is 353 g/mol. The van der Waals surface area contributed by atoms with Gasteiger partial charge < -0.3 is 10.2 Å². The largest absolute Gasteiger partial charge is 0.347 e. The average Bonchev–Trinajstić information content (AvgIpc) is 2.97. The number of carbonyl (C=O) groups is 2. The van der Waals surface area contributed by atoms with Gasteiger partial charge in [-0.25, -0.2) is 8.42 Å². The smallest absolute Gasteiger partial charge is 0.244 e. The Morgan fingerprint density at radius 2 is 1.96 bits per heavy atom. The van der Waals surface area contributed by atoms with Crippen LogP contribution in [-0.2, 0) is 19.6 Å².